The predicted molar refractivity (Wildman–Crippen MR) is 107 cm³/mol. The largest absolute Gasteiger partial charge is 0.493 e. The fourth-order valence-electron chi connectivity index (χ4n) is 3.53. The molecule has 0 amide bonds. The number of Topliss-reactive ketones (excluding diaryl/α,β-unsaturated/α-hetero) is 1. The van der Waals surface area contributed by atoms with Gasteiger partial charge in [-0.15, -0.1) is 0 Å². The molecule has 2 aromatic carbocycles. The van der Waals surface area contributed by atoms with Crippen LogP contribution in [0.15, 0.2) is 30.3 Å². The number of carbonyl (C=O) groups excluding carboxylic acids is 1. The van der Waals surface area contributed by atoms with Crippen molar-refractivity contribution in [1.29, 1.82) is 0 Å². The lowest BCUT2D eigenvalue weighted by molar-refractivity contribution is -0.385. The maximum atomic E-state index is 12.7. The van der Waals surface area contributed by atoms with Gasteiger partial charge in [0.1, 0.15) is 0 Å². The highest BCUT2D eigenvalue weighted by molar-refractivity contribution is 6.31. The fraction of sp³-hybridized carbons (Fsp3) is 0.286. The van der Waals surface area contributed by atoms with E-state index in [-0.39, 0.29) is 17.2 Å². The molecular weight excluding hydrogens is 378 g/mol. The molecule has 0 aromatic heterocycles. The minimum absolute atomic E-state index is 0.0484. The van der Waals surface area contributed by atoms with Gasteiger partial charge in [-0.05, 0) is 41.3 Å². The van der Waals surface area contributed by atoms with Crippen LogP contribution in [0.3, 0.4) is 0 Å². The zero-order valence-electron chi connectivity index (χ0n) is 16.6. The number of hydrogen-bond acceptors (Lipinski definition) is 7. The Balaban J connectivity index is 2.22. The van der Waals surface area contributed by atoms with Gasteiger partial charge >= 0.3 is 5.69 Å². The first kappa shape index (κ1) is 20.2. The van der Waals surface area contributed by atoms with E-state index in [0.29, 0.717) is 46.8 Å². The van der Waals surface area contributed by atoms with Gasteiger partial charge < -0.3 is 18.9 Å². The van der Waals surface area contributed by atoms with Crippen LogP contribution in [0.25, 0.3) is 11.1 Å². The molecule has 0 aliphatic heterocycles. The molecule has 0 saturated heterocycles. The molecule has 0 saturated carbocycles. The van der Waals surface area contributed by atoms with Crippen LogP contribution < -0.4 is 18.9 Å². The smallest absolute Gasteiger partial charge is 0.311 e. The van der Waals surface area contributed by atoms with E-state index in [1.807, 2.05) is 0 Å². The van der Waals surface area contributed by atoms with Gasteiger partial charge in [-0.1, -0.05) is 6.07 Å². The molecule has 8 nitrogen and oxygen atoms in total. The van der Waals surface area contributed by atoms with Crippen molar-refractivity contribution >= 4 is 22.6 Å². The molecule has 0 N–H and O–H groups in total. The second kappa shape index (κ2) is 8.22. The number of hydrogen-bond donors (Lipinski definition) is 0. The van der Waals surface area contributed by atoms with Crippen molar-refractivity contribution in [1.82, 2.24) is 0 Å². The summed E-state index contributed by atoms with van der Waals surface area (Å²) in [6.45, 7) is 0. The van der Waals surface area contributed by atoms with Crippen molar-refractivity contribution in [3.63, 3.8) is 0 Å². The van der Waals surface area contributed by atoms with Crippen LogP contribution in [-0.2, 0) is 4.79 Å². The van der Waals surface area contributed by atoms with Crippen LogP contribution in [0.2, 0.25) is 0 Å². The third kappa shape index (κ3) is 3.61. The number of benzene rings is 2. The lowest BCUT2D eigenvalue weighted by Gasteiger charge is -2.15. The molecule has 8 heteroatoms. The highest BCUT2D eigenvalue weighted by Gasteiger charge is 2.29. The standard InChI is InChI=1S/C21H21NO7/c1-26-17-8-5-12(9-15(17)22(24)25)14-6-7-16(23)20(14)13-10-18(27-2)21(29-4)19(11-13)28-3/h5,8-11H,6-7H2,1-4H3. The average Bonchev–Trinajstić information content (AvgIpc) is 3.13. The monoisotopic (exact) mass is 399 g/mol. The Kier molecular flexibility index (Phi) is 5.72. The highest BCUT2D eigenvalue weighted by Crippen LogP contribution is 2.45. The summed E-state index contributed by atoms with van der Waals surface area (Å²) in [6.07, 6.45) is 0.801. The summed E-state index contributed by atoms with van der Waals surface area (Å²) in [7, 11) is 5.88. The number of nitrogens with zero attached hydrogens (tertiary/aromatic N) is 1. The van der Waals surface area contributed by atoms with Crippen molar-refractivity contribution in [3.05, 3.63) is 51.6 Å². The average molecular weight is 399 g/mol. The molecule has 2 aromatic rings. The number of nitro benzene ring substituents is 1. The van der Waals surface area contributed by atoms with Gasteiger partial charge in [-0.2, -0.15) is 0 Å². The molecule has 1 aliphatic rings. The Hall–Kier alpha value is -3.55. The van der Waals surface area contributed by atoms with Gasteiger partial charge in [-0.3, -0.25) is 14.9 Å². The quantitative estimate of drug-likeness (QED) is 0.514. The first-order valence-corrected chi connectivity index (χ1v) is 8.84. The second-order valence-corrected chi connectivity index (χ2v) is 6.33. The Labute approximate surface area is 167 Å². The van der Waals surface area contributed by atoms with E-state index in [4.69, 9.17) is 18.9 Å². The molecule has 0 heterocycles. The third-order valence-electron chi connectivity index (χ3n) is 4.86. The molecule has 152 valence electrons. The van der Waals surface area contributed by atoms with E-state index in [1.165, 1.54) is 40.6 Å². The molecule has 0 fully saturated rings. The maximum absolute atomic E-state index is 12.7. The van der Waals surface area contributed by atoms with Gasteiger partial charge in [0, 0.05) is 18.1 Å². The Morgan fingerprint density at radius 3 is 1.97 bits per heavy atom. The minimum Gasteiger partial charge on any atom is -0.493 e. The zero-order chi connectivity index (χ0) is 21.1. The van der Waals surface area contributed by atoms with Gasteiger partial charge in [0.05, 0.1) is 33.4 Å². The predicted octanol–water partition coefficient (Wildman–Crippen LogP) is 3.90. The van der Waals surface area contributed by atoms with Gasteiger partial charge in [0.25, 0.3) is 0 Å². The van der Waals surface area contributed by atoms with Gasteiger partial charge in [0.15, 0.2) is 23.0 Å². The van der Waals surface area contributed by atoms with Crippen LogP contribution in [0.5, 0.6) is 23.0 Å². The van der Waals surface area contributed by atoms with Crippen LogP contribution >= 0.6 is 0 Å². The molecule has 3 rings (SSSR count). The van der Waals surface area contributed by atoms with Crippen molar-refractivity contribution in [2.45, 2.75) is 12.8 Å². The summed E-state index contributed by atoms with van der Waals surface area (Å²) < 4.78 is 21.2. The van der Waals surface area contributed by atoms with Crippen molar-refractivity contribution in [3.8, 4) is 23.0 Å². The number of nitro groups is 1. The van der Waals surface area contributed by atoms with Crippen LogP contribution in [0.1, 0.15) is 24.0 Å². The van der Waals surface area contributed by atoms with Gasteiger partial charge in [-0.25, -0.2) is 0 Å². The van der Waals surface area contributed by atoms with Crippen LogP contribution in [0, 0.1) is 10.1 Å². The van der Waals surface area contributed by atoms with Crippen LogP contribution in [-0.4, -0.2) is 39.1 Å². The van der Waals surface area contributed by atoms with Crippen molar-refractivity contribution in [2.24, 2.45) is 0 Å². The molecule has 0 unspecified atom stereocenters. The van der Waals surface area contributed by atoms with E-state index >= 15 is 0 Å². The topological polar surface area (TPSA) is 97.1 Å². The number of rotatable bonds is 7. The highest BCUT2D eigenvalue weighted by atomic mass is 16.6. The van der Waals surface area contributed by atoms with E-state index in [0.717, 1.165) is 5.57 Å². The number of ether oxygens (including phenoxy) is 4. The molecule has 0 spiro atoms. The van der Waals surface area contributed by atoms with E-state index in [9.17, 15) is 14.9 Å². The first-order chi connectivity index (χ1) is 13.9. The summed E-state index contributed by atoms with van der Waals surface area (Å²) in [6, 6.07) is 8.11. The number of carbonyl (C=O) groups is 1. The molecule has 29 heavy (non-hydrogen) atoms. The van der Waals surface area contributed by atoms with Crippen molar-refractivity contribution < 1.29 is 28.7 Å². The third-order valence-corrected chi connectivity index (χ3v) is 4.86. The Morgan fingerprint density at radius 2 is 1.45 bits per heavy atom. The molecule has 0 atom stereocenters. The SMILES string of the molecule is COc1ccc(C2=C(c3cc(OC)c(OC)c(OC)c3)C(=O)CC2)cc1[N+](=O)[O-]. The summed E-state index contributed by atoms with van der Waals surface area (Å²) in [4.78, 5) is 23.6. The fourth-order valence-corrected chi connectivity index (χ4v) is 3.53. The summed E-state index contributed by atoms with van der Waals surface area (Å²) in [5, 5.41) is 11.4. The number of allylic oxidation sites excluding steroid dienone is 2. The summed E-state index contributed by atoms with van der Waals surface area (Å²) in [5.41, 5.74) is 2.28. The first-order valence-electron chi connectivity index (χ1n) is 8.84. The van der Waals surface area contributed by atoms with Gasteiger partial charge in [0.2, 0.25) is 5.75 Å². The lowest BCUT2D eigenvalue weighted by atomic mass is 9.95. The van der Waals surface area contributed by atoms with E-state index in [1.54, 1.807) is 18.2 Å². The zero-order valence-corrected chi connectivity index (χ0v) is 16.6. The summed E-state index contributed by atoms with van der Waals surface area (Å²) >= 11 is 0. The van der Waals surface area contributed by atoms with E-state index in [2.05, 4.69) is 0 Å². The summed E-state index contributed by atoms with van der Waals surface area (Å²) in [5.74, 6) is 1.39. The number of ketones is 1. The Morgan fingerprint density at radius 1 is 0.828 bits per heavy atom. The normalized spacial score (nSPS) is 13.4. The number of methoxy groups -OCH3 is 4. The van der Waals surface area contributed by atoms with E-state index < -0.39 is 4.92 Å². The molecule has 0 bridgehead atoms. The molecular formula is C21H21NO7. The van der Waals surface area contributed by atoms with Crippen LogP contribution in [0.4, 0.5) is 5.69 Å². The molecule has 0 radical (unpaired) electrons. The Bertz CT molecular complexity index is 985. The maximum Gasteiger partial charge on any atom is 0.311 e. The van der Waals surface area contributed by atoms with Crippen molar-refractivity contribution in [2.75, 3.05) is 28.4 Å². The minimum atomic E-state index is -0.501. The lowest BCUT2D eigenvalue weighted by Crippen LogP contribution is -2.01. The second-order valence-electron chi connectivity index (χ2n) is 6.33. The molecule has 1 aliphatic carbocycles.